The van der Waals surface area contributed by atoms with Gasteiger partial charge in [0.1, 0.15) is 19.5 Å². The van der Waals surface area contributed by atoms with E-state index in [0.29, 0.717) is 0 Å². The fourth-order valence-corrected chi connectivity index (χ4v) is 1.22. The van der Waals surface area contributed by atoms with Crippen LogP contribution in [-0.4, -0.2) is 21.9 Å². The van der Waals surface area contributed by atoms with Crippen LogP contribution in [0.25, 0.3) is 0 Å². The number of hydrogen-bond acceptors (Lipinski definition) is 3. The molecule has 0 rings (SSSR count). The Bertz CT molecular complexity index is 139. The molecule has 0 radical (unpaired) electrons. The molecule has 58 valence electrons. The number of aliphatic hydroxyl groups is 2. The van der Waals surface area contributed by atoms with E-state index in [-0.39, 0.29) is 0 Å². The summed E-state index contributed by atoms with van der Waals surface area (Å²) in [7, 11) is -2.42. The highest BCUT2D eigenvalue weighted by Crippen LogP contribution is 2.31. The number of hydrogen-bond donors (Lipinski definition) is 2. The monoisotopic (exact) mass is 162 g/mol. The summed E-state index contributed by atoms with van der Waals surface area (Å²) in [6, 6.07) is 0. The van der Waals surface area contributed by atoms with E-state index in [4.69, 9.17) is 10.2 Å². The van der Waals surface area contributed by atoms with Crippen LogP contribution in [0.3, 0.4) is 0 Å². The van der Waals surface area contributed by atoms with Gasteiger partial charge in [0.05, 0.1) is 0 Å². The van der Waals surface area contributed by atoms with E-state index in [1.165, 1.54) is 0 Å². The van der Waals surface area contributed by atoms with Crippen molar-refractivity contribution in [1.29, 1.82) is 0 Å². The summed E-state index contributed by atoms with van der Waals surface area (Å²) in [5, 5.41) is 17.7. The summed E-state index contributed by atoms with van der Waals surface area (Å²) in [5.41, 5.74) is 0. The number of aliphatic hydroxyl groups excluding tert-OH is 2. The van der Waals surface area contributed by atoms with Crippen molar-refractivity contribution >= 4 is 7.80 Å². The summed E-state index contributed by atoms with van der Waals surface area (Å²) in [4.78, 5) is 0. The SMILES string of the molecule is C=CC(O)[PH](=O)C(O)C=C. The third-order valence-corrected chi connectivity index (χ3v) is 2.67. The molecule has 0 aliphatic rings. The van der Waals surface area contributed by atoms with Crippen LogP contribution in [0.2, 0.25) is 0 Å². The first-order valence-corrected chi connectivity index (χ1v) is 4.34. The number of rotatable bonds is 4. The fourth-order valence-electron chi connectivity index (χ4n) is 0.407. The van der Waals surface area contributed by atoms with Gasteiger partial charge in [-0.25, -0.2) is 0 Å². The minimum absolute atomic E-state index is 1.11. The lowest BCUT2D eigenvalue weighted by Crippen LogP contribution is -2.04. The van der Waals surface area contributed by atoms with Crippen LogP contribution in [0, 0.1) is 0 Å². The molecule has 0 heterocycles. The molecule has 2 atom stereocenters. The first kappa shape index (κ1) is 9.63. The van der Waals surface area contributed by atoms with Crippen molar-refractivity contribution in [2.24, 2.45) is 0 Å². The van der Waals surface area contributed by atoms with Crippen molar-refractivity contribution in [2.75, 3.05) is 0 Å². The molecule has 4 heteroatoms. The highest BCUT2D eigenvalue weighted by molar-refractivity contribution is 7.46. The minimum Gasteiger partial charge on any atom is -0.381 e. The Morgan fingerprint density at radius 1 is 1.20 bits per heavy atom. The van der Waals surface area contributed by atoms with Crippen LogP contribution >= 0.6 is 7.80 Å². The zero-order valence-electron chi connectivity index (χ0n) is 5.53. The highest BCUT2D eigenvalue weighted by atomic mass is 31.1. The van der Waals surface area contributed by atoms with Crippen LogP contribution in [0.1, 0.15) is 0 Å². The van der Waals surface area contributed by atoms with Gasteiger partial charge in [0, 0.05) is 0 Å². The molecular weight excluding hydrogens is 151 g/mol. The van der Waals surface area contributed by atoms with Gasteiger partial charge in [-0.1, -0.05) is 12.2 Å². The van der Waals surface area contributed by atoms with Crippen molar-refractivity contribution in [3.63, 3.8) is 0 Å². The van der Waals surface area contributed by atoms with Crippen LogP contribution in [-0.2, 0) is 4.57 Å². The third-order valence-electron chi connectivity index (χ3n) is 1.03. The molecule has 0 saturated heterocycles. The van der Waals surface area contributed by atoms with E-state index in [0.717, 1.165) is 12.2 Å². The van der Waals surface area contributed by atoms with E-state index in [1.54, 1.807) is 0 Å². The Balaban J connectivity index is 4.06. The van der Waals surface area contributed by atoms with Crippen molar-refractivity contribution in [3.8, 4) is 0 Å². The normalized spacial score (nSPS) is 19.0. The lowest BCUT2D eigenvalue weighted by molar-refractivity contribution is 0.263. The van der Waals surface area contributed by atoms with Crippen molar-refractivity contribution in [3.05, 3.63) is 25.3 Å². The Labute approximate surface area is 60.5 Å². The second-order valence-electron chi connectivity index (χ2n) is 1.76. The molecule has 0 saturated carbocycles. The maximum Gasteiger partial charge on any atom is 0.138 e. The van der Waals surface area contributed by atoms with Gasteiger partial charge in [-0.15, -0.1) is 13.2 Å². The molecule has 0 aromatic rings. The maximum atomic E-state index is 10.8. The summed E-state index contributed by atoms with van der Waals surface area (Å²) in [6.45, 7) is 6.46. The molecule has 0 aliphatic carbocycles. The van der Waals surface area contributed by atoms with Gasteiger partial charge in [0.25, 0.3) is 0 Å². The molecule has 0 aromatic heterocycles. The smallest absolute Gasteiger partial charge is 0.138 e. The predicted octanol–water partition coefficient (Wildman–Crippen LogP) is 0.555. The van der Waals surface area contributed by atoms with Gasteiger partial charge in [-0.2, -0.15) is 0 Å². The van der Waals surface area contributed by atoms with Crippen LogP contribution < -0.4 is 0 Å². The molecule has 2 unspecified atom stereocenters. The van der Waals surface area contributed by atoms with Crippen LogP contribution in [0.15, 0.2) is 25.3 Å². The fraction of sp³-hybridized carbons (Fsp3) is 0.333. The zero-order valence-corrected chi connectivity index (χ0v) is 6.53. The standard InChI is InChI=1S/C6H11O3P/c1-3-5(7)10(9)6(8)4-2/h3-8,10H,1-2H2. The minimum atomic E-state index is -2.42. The molecule has 10 heavy (non-hydrogen) atoms. The van der Waals surface area contributed by atoms with Crippen molar-refractivity contribution in [1.82, 2.24) is 0 Å². The Morgan fingerprint density at radius 2 is 1.50 bits per heavy atom. The van der Waals surface area contributed by atoms with Gasteiger partial charge in [0.2, 0.25) is 0 Å². The Morgan fingerprint density at radius 3 is 1.70 bits per heavy atom. The molecule has 0 bridgehead atoms. The molecule has 0 spiro atoms. The molecule has 0 aromatic carbocycles. The Hall–Kier alpha value is -0.370. The second-order valence-corrected chi connectivity index (χ2v) is 3.75. The van der Waals surface area contributed by atoms with Crippen LogP contribution in [0.4, 0.5) is 0 Å². The van der Waals surface area contributed by atoms with Crippen LogP contribution in [0.5, 0.6) is 0 Å². The molecule has 0 fully saturated rings. The lowest BCUT2D eigenvalue weighted by Gasteiger charge is -2.07. The lowest BCUT2D eigenvalue weighted by atomic mass is 10.7. The van der Waals surface area contributed by atoms with Gasteiger partial charge in [-0.05, 0) is 0 Å². The van der Waals surface area contributed by atoms with Crippen molar-refractivity contribution in [2.45, 2.75) is 11.7 Å². The zero-order chi connectivity index (χ0) is 8.15. The third kappa shape index (κ3) is 2.48. The molecule has 0 amide bonds. The van der Waals surface area contributed by atoms with Gasteiger partial charge in [-0.3, -0.25) is 0 Å². The highest BCUT2D eigenvalue weighted by Gasteiger charge is 2.14. The summed E-state index contributed by atoms with van der Waals surface area (Å²) in [5.74, 6) is -2.23. The van der Waals surface area contributed by atoms with Gasteiger partial charge < -0.3 is 14.8 Å². The quantitative estimate of drug-likeness (QED) is 0.469. The first-order chi connectivity index (χ1) is 4.63. The first-order valence-electron chi connectivity index (χ1n) is 2.78. The maximum absolute atomic E-state index is 10.8. The van der Waals surface area contributed by atoms with E-state index in [1.807, 2.05) is 0 Å². The summed E-state index contributed by atoms with van der Waals surface area (Å²) >= 11 is 0. The molecule has 0 aliphatic heterocycles. The topological polar surface area (TPSA) is 57.5 Å². The van der Waals surface area contributed by atoms with Crippen molar-refractivity contribution < 1.29 is 14.8 Å². The molecule has 3 nitrogen and oxygen atoms in total. The van der Waals surface area contributed by atoms with E-state index in [2.05, 4.69) is 13.2 Å². The van der Waals surface area contributed by atoms with Gasteiger partial charge >= 0.3 is 0 Å². The summed E-state index contributed by atoms with van der Waals surface area (Å²) < 4.78 is 10.8. The predicted molar refractivity (Wildman–Crippen MR) is 41.4 cm³/mol. The summed E-state index contributed by atoms with van der Waals surface area (Å²) in [6.07, 6.45) is 2.27. The Kier molecular flexibility index (Phi) is 4.28. The second kappa shape index (κ2) is 4.45. The van der Waals surface area contributed by atoms with E-state index in [9.17, 15) is 4.57 Å². The largest absolute Gasteiger partial charge is 0.381 e. The van der Waals surface area contributed by atoms with Gasteiger partial charge in [0.15, 0.2) is 0 Å². The average molecular weight is 162 g/mol. The molecular formula is C6H11O3P. The van der Waals surface area contributed by atoms with E-state index < -0.39 is 19.5 Å². The molecule has 2 N–H and O–H groups in total. The van der Waals surface area contributed by atoms with E-state index >= 15 is 0 Å². The average Bonchev–Trinajstić information content (AvgIpc) is 2.00.